The van der Waals surface area contributed by atoms with Gasteiger partial charge in [-0.15, -0.1) is 0 Å². The fraction of sp³-hybridized carbons (Fsp3) is 0.105. The highest BCUT2D eigenvalue weighted by atomic mass is 35.5. The number of benzene rings is 2. The highest BCUT2D eigenvalue weighted by Gasteiger charge is 2.15. The number of hydrogen-bond acceptors (Lipinski definition) is 3. The van der Waals surface area contributed by atoms with E-state index in [1.165, 1.54) is 0 Å². The van der Waals surface area contributed by atoms with E-state index in [-0.39, 0.29) is 18.3 Å². The minimum absolute atomic E-state index is 0.0828. The van der Waals surface area contributed by atoms with Crippen LogP contribution in [0.4, 0.5) is 5.69 Å². The number of carbonyl (C=O) groups excluding carboxylic acids is 1. The zero-order chi connectivity index (χ0) is 17.1. The second-order valence-corrected chi connectivity index (χ2v) is 5.81. The molecule has 0 aliphatic rings. The Labute approximate surface area is 144 Å². The molecule has 24 heavy (non-hydrogen) atoms. The van der Waals surface area contributed by atoms with Crippen molar-refractivity contribution in [3.8, 4) is 11.3 Å². The topological polar surface area (TPSA) is 62.5 Å². The lowest BCUT2D eigenvalue weighted by molar-refractivity contribution is 0.0997. The number of halogens is 1. The summed E-state index contributed by atoms with van der Waals surface area (Å²) in [6.07, 6.45) is 0. The van der Waals surface area contributed by atoms with Crippen LogP contribution in [0.3, 0.4) is 0 Å². The first-order valence-electron chi connectivity index (χ1n) is 7.45. The van der Waals surface area contributed by atoms with Crippen LogP contribution in [0.25, 0.3) is 11.3 Å². The second kappa shape index (κ2) is 6.91. The molecule has 0 radical (unpaired) electrons. The zero-order valence-electron chi connectivity index (χ0n) is 13.0. The number of furan rings is 1. The van der Waals surface area contributed by atoms with E-state index in [0.717, 1.165) is 16.7 Å². The van der Waals surface area contributed by atoms with Gasteiger partial charge in [-0.1, -0.05) is 35.9 Å². The highest BCUT2D eigenvalue weighted by molar-refractivity contribution is 6.33. The van der Waals surface area contributed by atoms with Gasteiger partial charge >= 0.3 is 0 Å². The molecule has 1 amide bonds. The van der Waals surface area contributed by atoms with E-state index in [4.69, 9.17) is 16.0 Å². The van der Waals surface area contributed by atoms with Crippen LogP contribution in [0.15, 0.2) is 59.0 Å². The monoisotopic (exact) mass is 341 g/mol. The number of aryl methyl sites for hydroxylation is 1. The molecule has 2 aromatic carbocycles. The van der Waals surface area contributed by atoms with Crippen molar-refractivity contribution in [1.29, 1.82) is 0 Å². The molecular formula is C19H16ClNO3. The van der Waals surface area contributed by atoms with Gasteiger partial charge in [0.25, 0.3) is 5.91 Å². The van der Waals surface area contributed by atoms with E-state index in [0.29, 0.717) is 16.5 Å². The Bertz CT molecular complexity index is 886. The van der Waals surface area contributed by atoms with Crippen molar-refractivity contribution in [2.24, 2.45) is 0 Å². The van der Waals surface area contributed by atoms with E-state index in [1.54, 1.807) is 24.3 Å². The van der Waals surface area contributed by atoms with Crippen LogP contribution in [0.5, 0.6) is 0 Å². The molecule has 122 valence electrons. The average molecular weight is 342 g/mol. The van der Waals surface area contributed by atoms with Gasteiger partial charge in [0.2, 0.25) is 0 Å². The van der Waals surface area contributed by atoms with Crippen molar-refractivity contribution in [1.82, 2.24) is 0 Å². The first kappa shape index (κ1) is 16.3. The first-order valence-corrected chi connectivity index (χ1v) is 7.83. The standard InChI is InChI=1S/C19H16ClNO3/c1-12-6-7-13(11-22)10-16(12)21-19(23)18-9-8-17(24-18)14-4-2-3-5-15(14)20/h2-10,22H,11H2,1H3,(H,21,23). The number of anilines is 1. The Hall–Kier alpha value is -2.56. The van der Waals surface area contributed by atoms with E-state index in [2.05, 4.69) is 5.32 Å². The van der Waals surface area contributed by atoms with Crippen molar-refractivity contribution in [2.75, 3.05) is 5.32 Å². The fourth-order valence-corrected chi connectivity index (χ4v) is 2.58. The van der Waals surface area contributed by atoms with Gasteiger partial charge in [0.15, 0.2) is 5.76 Å². The average Bonchev–Trinajstić information content (AvgIpc) is 3.07. The SMILES string of the molecule is Cc1ccc(CO)cc1NC(=O)c1ccc(-c2ccccc2Cl)o1. The van der Waals surface area contributed by atoms with Crippen LogP contribution in [-0.4, -0.2) is 11.0 Å². The molecule has 1 heterocycles. The minimum atomic E-state index is -0.355. The highest BCUT2D eigenvalue weighted by Crippen LogP contribution is 2.29. The van der Waals surface area contributed by atoms with Gasteiger partial charge in [-0.3, -0.25) is 4.79 Å². The molecule has 0 saturated heterocycles. The second-order valence-electron chi connectivity index (χ2n) is 5.41. The van der Waals surface area contributed by atoms with Crippen molar-refractivity contribution in [3.63, 3.8) is 0 Å². The summed E-state index contributed by atoms with van der Waals surface area (Å²) in [6, 6.07) is 16.0. The van der Waals surface area contributed by atoms with Gasteiger partial charge in [0.1, 0.15) is 5.76 Å². The summed E-state index contributed by atoms with van der Waals surface area (Å²) in [4.78, 5) is 12.4. The van der Waals surface area contributed by atoms with Crippen LogP contribution in [0.1, 0.15) is 21.7 Å². The van der Waals surface area contributed by atoms with E-state index in [1.807, 2.05) is 37.3 Å². The first-order chi connectivity index (χ1) is 11.6. The predicted octanol–water partition coefficient (Wildman–Crippen LogP) is 4.65. The van der Waals surface area contributed by atoms with Crippen LogP contribution >= 0.6 is 11.6 Å². The van der Waals surface area contributed by atoms with Crippen molar-refractivity contribution < 1.29 is 14.3 Å². The molecule has 0 aliphatic carbocycles. The third-order valence-electron chi connectivity index (χ3n) is 3.70. The maximum absolute atomic E-state index is 12.4. The number of aliphatic hydroxyl groups is 1. The molecule has 0 fully saturated rings. The third kappa shape index (κ3) is 3.35. The van der Waals surface area contributed by atoms with Gasteiger partial charge in [-0.05, 0) is 48.4 Å². The summed E-state index contributed by atoms with van der Waals surface area (Å²) < 4.78 is 5.64. The molecule has 4 nitrogen and oxygen atoms in total. The molecule has 0 spiro atoms. The third-order valence-corrected chi connectivity index (χ3v) is 4.03. The Morgan fingerprint density at radius 2 is 1.96 bits per heavy atom. The lowest BCUT2D eigenvalue weighted by Crippen LogP contribution is -2.12. The van der Waals surface area contributed by atoms with Gasteiger partial charge < -0.3 is 14.8 Å². The molecule has 0 saturated carbocycles. The predicted molar refractivity (Wildman–Crippen MR) is 94.2 cm³/mol. The van der Waals surface area contributed by atoms with Gasteiger partial charge in [0, 0.05) is 11.3 Å². The molecule has 5 heteroatoms. The van der Waals surface area contributed by atoms with E-state index >= 15 is 0 Å². The molecule has 0 aliphatic heterocycles. The number of carbonyl (C=O) groups is 1. The molecule has 2 N–H and O–H groups in total. The largest absolute Gasteiger partial charge is 0.451 e. The van der Waals surface area contributed by atoms with Crippen LogP contribution < -0.4 is 5.32 Å². The summed E-state index contributed by atoms with van der Waals surface area (Å²) in [5.74, 6) is 0.372. The number of rotatable bonds is 4. The zero-order valence-corrected chi connectivity index (χ0v) is 13.8. The van der Waals surface area contributed by atoms with Crippen molar-refractivity contribution in [3.05, 3.63) is 76.5 Å². The Morgan fingerprint density at radius 1 is 1.17 bits per heavy atom. The molecule has 3 rings (SSSR count). The van der Waals surface area contributed by atoms with Crippen LogP contribution in [0.2, 0.25) is 5.02 Å². The molecule has 0 atom stereocenters. The minimum Gasteiger partial charge on any atom is -0.451 e. The fourth-order valence-electron chi connectivity index (χ4n) is 2.35. The smallest absolute Gasteiger partial charge is 0.291 e. The normalized spacial score (nSPS) is 10.6. The summed E-state index contributed by atoms with van der Waals surface area (Å²) in [7, 11) is 0. The Kier molecular flexibility index (Phi) is 4.69. The molecule has 1 aromatic heterocycles. The van der Waals surface area contributed by atoms with Crippen LogP contribution in [0, 0.1) is 6.92 Å². The number of amides is 1. The van der Waals surface area contributed by atoms with Crippen LogP contribution in [-0.2, 0) is 6.61 Å². The summed E-state index contributed by atoms with van der Waals surface area (Å²) >= 11 is 6.15. The quantitative estimate of drug-likeness (QED) is 0.725. The Balaban J connectivity index is 1.83. The lowest BCUT2D eigenvalue weighted by Gasteiger charge is -2.08. The summed E-state index contributed by atoms with van der Waals surface area (Å²) in [6.45, 7) is 1.80. The maximum Gasteiger partial charge on any atom is 0.291 e. The van der Waals surface area contributed by atoms with Gasteiger partial charge in [0.05, 0.1) is 11.6 Å². The molecule has 3 aromatic rings. The molecule has 0 unspecified atom stereocenters. The number of aliphatic hydroxyl groups excluding tert-OH is 1. The molecular weight excluding hydrogens is 326 g/mol. The van der Waals surface area contributed by atoms with Crippen molar-refractivity contribution >= 4 is 23.2 Å². The van der Waals surface area contributed by atoms with E-state index < -0.39 is 0 Å². The van der Waals surface area contributed by atoms with E-state index in [9.17, 15) is 9.90 Å². The lowest BCUT2D eigenvalue weighted by atomic mass is 10.1. The van der Waals surface area contributed by atoms with Gasteiger partial charge in [-0.2, -0.15) is 0 Å². The van der Waals surface area contributed by atoms with Crippen molar-refractivity contribution in [2.45, 2.75) is 13.5 Å². The summed E-state index contributed by atoms with van der Waals surface area (Å²) in [5, 5.41) is 12.6. The number of hydrogen-bond donors (Lipinski definition) is 2. The number of nitrogens with one attached hydrogen (secondary N) is 1. The maximum atomic E-state index is 12.4. The molecule has 0 bridgehead atoms. The summed E-state index contributed by atoms with van der Waals surface area (Å²) in [5.41, 5.74) is 3.00. The Morgan fingerprint density at radius 3 is 2.71 bits per heavy atom. The van der Waals surface area contributed by atoms with Gasteiger partial charge in [-0.25, -0.2) is 0 Å².